The number of fused-ring (bicyclic) bond motifs is 1. The second-order valence-corrected chi connectivity index (χ2v) is 4.99. The Balaban J connectivity index is 1.98. The summed E-state index contributed by atoms with van der Waals surface area (Å²) in [7, 11) is 0. The van der Waals surface area contributed by atoms with Crippen LogP contribution in [0.4, 0.5) is 5.69 Å². The Morgan fingerprint density at radius 1 is 1.20 bits per heavy atom. The van der Waals surface area contributed by atoms with Gasteiger partial charge in [0.15, 0.2) is 0 Å². The highest BCUT2D eigenvalue weighted by atomic mass is 16.4. The molecule has 0 spiro atoms. The first-order valence-corrected chi connectivity index (χ1v) is 6.75. The van der Waals surface area contributed by atoms with Gasteiger partial charge in [0.25, 0.3) is 0 Å². The number of hydrogen-bond donors (Lipinski definition) is 1. The molecule has 1 aromatic carbocycles. The third kappa shape index (κ3) is 2.37. The molecule has 20 heavy (non-hydrogen) atoms. The van der Waals surface area contributed by atoms with Crippen LogP contribution in [0.1, 0.15) is 27.9 Å². The second-order valence-electron chi connectivity index (χ2n) is 4.99. The molecule has 4 nitrogen and oxygen atoms in total. The van der Waals surface area contributed by atoms with Crippen LogP contribution < -0.4 is 4.90 Å². The number of carboxylic acid groups (broad SMARTS) is 1. The van der Waals surface area contributed by atoms with Gasteiger partial charge >= 0.3 is 5.97 Å². The molecule has 3 rings (SSSR count). The number of aromatic nitrogens is 1. The third-order valence-electron chi connectivity index (χ3n) is 3.72. The SMILES string of the molecule is O=C(O)c1ccncc1N1CCCc2ccccc2C1. The van der Waals surface area contributed by atoms with Crippen molar-refractivity contribution >= 4 is 11.7 Å². The minimum atomic E-state index is -0.903. The molecule has 2 aromatic rings. The Labute approximate surface area is 117 Å². The second kappa shape index (κ2) is 5.33. The van der Waals surface area contributed by atoms with E-state index in [4.69, 9.17) is 0 Å². The summed E-state index contributed by atoms with van der Waals surface area (Å²) in [5.74, 6) is -0.903. The number of carbonyl (C=O) groups is 1. The Morgan fingerprint density at radius 2 is 2.00 bits per heavy atom. The molecular formula is C16H16N2O2. The van der Waals surface area contributed by atoms with Gasteiger partial charge in [-0.05, 0) is 30.0 Å². The fraction of sp³-hybridized carbons (Fsp3) is 0.250. The van der Waals surface area contributed by atoms with Gasteiger partial charge in [-0.2, -0.15) is 0 Å². The molecule has 0 atom stereocenters. The molecular weight excluding hydrogens is 252 g/mol. The van der Waals surface area contributed by atoms with Crippen molar-refractivity contribution in [1.29, 1.82) is 0 Å². The summed E-state index contributed by atoms with van der Waals surface area (Å²) in [5, 5.41) is 9.31. The van der Waals surface area contributed by atoms with E-state index in [2.05, 4.69) is 28.1 Å². The van der Waals surface area contributed by atoms with Crippen molar-refractivity contribution < 1.29 is 9.90 Å². The fourth-order valence-electron chi connectivity index (χ4n) is 2.73. The monoisotopic (exact) mass is 268 g/mol. The Bertz CT molecular complexity index is 640. The quantitative estimate of drug-likeness (QED) is 0.910. The van der Waals surface area contributed by atoms with Crippen LogP contribution in [-0.2, 0) is 13.0 Å². The Kier molecular flexibility index (Phi) is 3.37. The fourth-order valence-corrected chi connectivity index (χ4v) is 2.73. The lowest BCUT2D eigenvalue weighted by Crippen LogP contribution is -2.24. The molecule has 0 aliphatic carbocycles. The van der Waals surface area contributed by atoms with Crippen molar-refractivity contribution in [2.75, 3.05) is 11.4 Å². The molecule has 0 saturated heterocycles. The van der Waals surface area contributed by atoms with Gasteiger partial charge in [0.05, 0.1) is 17.4 Å². The molecule has 0 fully saturated rings. The zero-order chi connectivity index (χ0) is 13.9. The van der Waals surface area contributed by atoms with Crippen molar-refractivity contribution in [2.45, 2.75) is 19.4 Å². The summed E-state index contributed by atoms with van der Waals surface area (Å²) in [6.45, 7) is 1.59. The van der Waals surface area contributed by atoms with Crippen molar-refractivity contribution in [3.63, 3.8) is 0 Å². The van der Waals surface area contributed by atoms with Gasteiger partial charge in [-0.3, -0.25) is 4.98 Å². The van der Waals surface area contributed by atoms with Gasteiger partial charge in [0.1, 0.15) is 0 Å². The maximum absolute atomic E-state index is 11.3. The van der Waals surface area contributed by atoms with Crippen LogP contribution in [0, 0.1) is 0 Å². The average Bonchev–Trinajstić information content (AvgIpc) is 2.69. The molecule has 1 aliphatic rings. The molecule has 0 amide bonds. The molecule has 1 N–H and O–H groups in total. The highest BCUT2D eigenvalue weighted by molar-refractivity contribution is 5.94. The van der Waals surface area contributed by atoms with Crippen molar-refractivity contribution in [1.82, 2.24) is 4.98 Å². The van der Waals surface area contributed by atoms with E-state index in [9.17, 15) is 9.90 Å². The van der Waals surface area contributed by atoms with E-state index < -0.39 is 5.97 Å². The summed E-state index contributed by atoms with van der Waals surface area (Å²) in [4.78, 5) is 17.5. The van der Waals surface area contributed by atoms with Gasteiger partial charge in [-0.15, -0.1) is 0 Å². The van der Waals surface area contributed by atoms with Crippen LogP contribution in [0.25, 0.3) is 0 Å². The maximum atomic E-state index is 11.3. The van der Waals surface area contributed by atoms with Crippen LogP contribution >= 0.6 is 0 Å². The van der Waals surface area contributed by atoms with E-state index in [0.717, 1.165) is 25.9 Å². The first-order chi connectivity index (χ1) is 9.75. The van der Waals surface area contributed by atoms with Gasteiger partial charge in [-0.1, -0.05) is 24.3 Å². The summed E-state index contributed by atoms with van der Waals surface area (Å²) in [6, 6.07) is 9.92. The van der Waals surface area contributed by atoms with Crippen LogP contribution in [0.3, 0.4) is 0 Å². The predicted molar refractivity (Wildman–Crippen MR) is 77.0 cm³/mol. The number of anilines is 1. The summed E-state index contributed by atoms with van der Waals surface area (Å²) < 4.78 is 0. The lowest BCUT2D eigenvalue weighted by atomic mass is 10.0. The zero-order valence-electron chi connectivity index (χ0n) is 11.1. The number of nitrogens with zero attached hydrogens (tertiary/aromatic N) is 2. The normalized spacial score (nSPS) is 14.5. The molecule has 1 aliphatic heterocycles. The van der Waals surface area contributed by atoms with Crippen LogP contribution in [0.15, 0.2) is 42.7 Å². The summed E-state index contributed by atoms with van der Waals surface area (Å²) in [6.07, 6.45) is 5.23. The average molecular weight is 268 g/mol. The largest absolute Gasteiger partial charge is 0.478 e. The number of hydrogen-bond acceptors (Lipinski definition) is 3. The first-order valence-electron chi connectivity index (χ1n) is 6.75. The van der Waals surface area contributed by atoms with Crippen LogP contribution in [0.5, 0.6) is 0 Å². The summed E-state index contributed by atoms with van der Waals surface area (Å²) >= 11 is 0. The van der Waals surface area contributed by atoms with Crippen molar-refractivity contribution in [3.8, 4) is 0 Å². The number of pyridine rings is 1. The van der Waals surface area contributed by atoms with E-state index in [1.54, 1.807) is 12.3 Å². The lowest BCUT2D eigenvalue weighted by molar-refractivity contribution is 0.0697. The van der Waals surface area contributed by atoms with Crippen LogP contribution in [-0.4, -0.2) is 22.6 Å². The highest BCUT2D eigenvalue weighted by Crippen LogP contribution is 2.26. The topological polar surface area (TPSA) is 53.4 Å². The van der Waals surface area contributed by atoms with Gasteiger partial charge < -0.3 is 10.0 Å². The Morgan fingerprint density at radius 3 is 2.80 bits per heavy atom. The molecule has 0 radical (unpaired) electrons. The predicted octanol–water partition coefficient (Wildman–Crippen LogP) is 2.73. The highest BCUT2D eigenvalue weighted by Gasteiger charge is 2.19. The van der Waals surface area contributed by atoms with Crippen molar-refractivity contribution in [2.24, 2.45) is 0 Å². The van der Waals surface area contributed by atoms with Gasteiger partial charge in [0, 0.05) is 19.3 Å². The molecule has 1 aromatic heterocycles. The molecule has 0 unspecified atom stereocenters. The molecule has 2 heterocycles. The lowest BCUT2D eigenvalue weighted by Gasteiger charge is -2.24. The Hall–Kier alpha value is -2.36. The van der Waals surface area contributed by atoms with E-state index in [1.807, 2.05) is 6.07 Å². The van der Waals surface area contributed by atoms with E-state index in [1.165, 1.54) is 17.3 Å². The smallest absolute Gasteiger partial charge is 0.337 e. The van der Waals surface area contributed by atoms with Crippen LogP contribution in [0.2, 0.25) is 0 Å². The van der Waals surface area contributed by atoms with E-state index in [-0.39, 0.29) is 0 Å². The number of aryl methyl sites for hydroxylation is 1. The number of carboxylic acids is 1. The first kappa shape index (κ1) is 12.7. The standard InChI is InChI=1S/C16H16N2O2/c19-16(20)14-7-8-17-10-15(14)18-9-3-6-12-4-1-2-5-13(12)11-18/h1-2,4-5,7-8,10H,3,6,9,11H2,(H,19,20). The number of rotatable bonds is 2. The number of benzene rings is 1. The minimum absolute atomic E-state index is 0.319. The van der Waals surface area contributed by atoms with Gasteiger partial charge in [-0.25, -0.2) is 4.79 Å². The zero-order valence-corrected chi connectivity index (χ0v) is 11.1. The molecule has 4 heteroatoms. The summed E-state index contributed by atoms with van der Waals surface area (Å²) in [5.41, 5.74) is 3.65. The van der Waals surface area contributed by atoms with Gasteiger partial charge in [0.2, 0.25) is 0 Å². The maximum Gasteiger partial charge on any atom is 0.337 e. The third-order valence-corrected chi connectivity index (χ3v) is 3.72. The minimum Gasteiger partial charge on any atom is -0.478 e. The van der Waals surface area contributed by atoms with E-state index >= 15 is 0 Å². The van der Waals surface area contributed by atoms with E-state index in [0.29, 0.717) is 11.3 Å². The molecule has 0 bridgehead atoms. The number of aromatic carboxylic acids is 1. The molecule has 0 saturated carbocycles. The molecule has 102 valence electrons. The van der Waals surface area contributed by atoms with Crippen molar-refractivity contribution in [3.05, 3.63) is 59.4 Å².